The molecule has 0 radical (unpaired) electrons. The zero-order valence-corrected chi connectivity index (χ0v) is 13.8. The first kappa shape index (κ1) is 14.2. The van der Waals surface area contributed by atoms with E-state index in [2.05, 4.69) is 42.5 Å². The van der Waals surface area contributed by atoms with Crippen molar-refractivity contribution in [1.29, 1.82) is 0 Å². The Morgan fingerprint density at radius 3 is 2.67 bits per heavy atom. The fourth-order valence-corrected chi connectivity index (χ4v) is 4.24. The quantitative estimate of drug-likeness (QED) is 0.699. The number of aryl methyl sites for hydroxylation is 3. The van der Waals surface area contributed by atoms with Crippen molar-refractivity contribution >= 4 is 38.8 Å². The van der Waals surface area contributed by atoms with Crippen molar-refractivity contribution in [3.8, 4) is 0 Å². The highest BCUT2D eigenvalue weighted by Crippen LogP contribution is 2.25. The van der Waals surface area contributed by atoms with Crippen molar-refractivity contribution in [2.75, 3.05) is 0 Å². The van der Waals surface area contributed by atoms with Crippen LogP contribution in [0.1, 0.15) is 27.7 Å². The molecule has 0 bridgehead atoms. The fraction of sp³-hybridized carbons (Fsp3) is 0.250. The Bertz CT molecular complexity index is 870. The van der Waals surface area contributed by atoms with Gasteiger partial charge in [0.1, 0.15) is 0 Å². The highest BCUT2D eigenvalue weighted by atomic mass is 32.1. The zero-order chi connectivity index (χ0) is 15.0. The molecule has 0 aliphatic carbocycles. The Hall–Kier alpha value is -1.72. The maximum Gasteiger partial charge on any atom is 0.289 e. The van der Waals surface area contributed by atoms with E-state index < -0.39 is 0 Å². The maximum atomic E-state index is 12.2. The highest BCUT2D eigenvalue weighted by Gasteiger charge is 2.11. The lowest BCUT2D eigenvalue weighted by molar-refractivity contribution is 0.100. The molecule has 3 aromatic rings. The van der Waals surface area contributed by atoms with E-state index in [9.17, 15) is 4.79 Å². The molecule has 0 atom stereocenters. The van der Waals surface area contributed by atoms with Gasteiger partial charge in [-0.15, -0.1) is 11.3 Å². The minimum atomic E-state index is -0.158. The molecule has 108 valence electrons. The summed E-state index contributed by atoms with van der Waals surface area (Å²) in [7, 11) is 0. The predicted molar refractivity (Wildman–Crippen MR) is 89.2 cm³/mol. The van der Waals surface area contributed by atoms with Crippen molar-refractivity contribution in [2.24, 2.45) is 4.99 Å². The Morgan fingerprint density at radius 1 is 1.24 bits per heavy atom. The Kier molecular flexibility index (Phi) is 3.78. The van der Waals surface area contributed by atoms with Crippen LogP contribution in [0.15, 0.2) is 34.6 Å². The molecular formula is C16H16N2OS2. The topological polar surface area (TPSA) is 34.4 Å². The lowest BCUT2D eigenvalue weighted by Crippen LogP contribution is -2.16. The van der Waals surface area contributed by atoms with E-state index in [1.807, 2.05) is 17.5 Å². The summed E-state index contributed by atoms with van der Waals surface area (Å²) in [6.45, 7) is 7.10. The largest absolute Gasteiger partial charge is 0.316 e. The molecule has 21 heavy (non-hydrogen) atoms. The third-order valence-electron chi connectivity index (χ3n) is 3.47. The first-order valence-corrected chi connectivity index (χ1v) is 8.53. The van der Waals surface area contributed by atoms with Gasteiger partial charge in [0.2, 0.25) is 0 Å². The summed E-state index contributed by atoms with van der Waals surface area (Å²) in [5.41, 5.74) is 3.65. The maximum absolute atomic E-state index is 12.2. The summed E-state index contributed by atoms with van der Waals surface area (Å²) in [6, 6.07) is 7.94. The number of rotatable bonds is 2. The number of fused-ring (bicyclic) bond motifs is 1. The molecule has 3 nitrogen and oxygen atoms in total. The van der Waals surface area contributed by atoms with Crippen LogP contribution in [0.5, 0.6) is 0 Å². The molecule has 0 saturated carbocycles. The molecule has 1 amide bonds. The summed E-state index contributed by atoms with van der Waals surface area (Å²) in [5, 5.41) is 1.90. The molecule has 0 unspecified atom stereocenters. The third-order valence-corrected chi connectivity index (χ3v) is 5.54. The number of nitrogens with zero attached hydrogens (tertiary/aromatic N) is 2. The van der Waals surface area contributed by atoms with Gasteiger partial charge in [-0.2, -0.15) is 4.99 Å². The van der Waals surface area contributed by atoms with Crippen molar-refractivity contribution < 1.29 is 4.79 Å². The number of benzene rings is 1. The molecule has 0 fully saturated rings. The number of aromatic nitrogens is 1. The van der Waals surface area contributed by atoms with Crippen molar-refractivity contribution in [3.63, 3.8) is 0 Å². The summed E-state index contributed by atoms with van der Waals surface area (Å²) in [4.78, 5) is 18.0. The molecule has 0 saturated heterocycles. The lowest BCUT2D eigenvalue weighted by Gasteiger charge is -2.04. The van der Waals surface area contributed by atoms with Gasteiger partial charge in [-0.1, -0.05) is 29.5 Å². The number of carbonyl (C=O) groups excluding carboxylic acids is 1. The number of amides is 1. The molecule has 3 rings (SSSR count). The zero-order valence-electron chi connectivity index (χ0n) is 12.2. The van der Waals surface area contributed by atoms with Crippen LogP contribution >= 0.6 is 22.7 Å². The molecule has 0 N–H and O–H groups in total. The van der Waals surface area contributed by atoms with E-state index in [-0.39, 0.29) is 5.91 Å². The summed E-state index contributed by atoms with van der Waals surface area (Å²) < 4.78 is 3.35. The van der Waals surface area contributed by atoms with Gasteiger partial charge < -0.3 is 4.57 Å². The van der Waals surface area contributed by atoms with E-state index >= 15 is 0 Å². The van der Waals surface area contributed by atoms with Gasteiger partial charge in [-0.25, -0.2) is 0 Å². The van der Waals surface area contributed by atoms with Gasteiger partial charge in [0.15, 0.2) is 4.80 Å². The molecule has 0 aliphatic rings. The van der Waals surface area contributed by atoms with E-state index in [0.29, 0.717) is 4.88 Å². The molecule has 0 spiro atoms. The van der Waals surface area contributed by atoms with Crippen molar-refractivity contribution in [3.05, 3.63) is 50.5 Å². The third kappa shape index (κ3) is 2.47. The molecule has 2 heterocycles. The molecular weight excluding hydrogens is 300 g/mol. The Morgan fingerprint density at radius 2 is 2.00 bits per heavy atom. The molecule has 2 aromatic heterocycles. The molecule has 0 aliphatic heterocycles. The van der Waals surface area contributed by atoms with Crippen LogP contribution in [0.2, 0.25) is 0 Å². The smallest absolute Gasteiger partial charge is 0.289 e. The average molecular weight is 316 g/mol. The number of carbonyl (C=O) groups is 1. The average Bonchev–Trinajstić information content (AvgIpc) is 3.10. The SMILES string of the molecule is CCn1c(=NC(=O)c2cccs2)sc2c(C)ccc(C)c21. The van der Waals surface area contributed by atoms with Gasteiger partial charge in [0.25, 0.3) is 5.91 Å². The minimum absolute atomic E-state index is 0.158. The second-order valence-electron chi connectivity index (χ2n) is 4.90. The number of hydrogen-bond acceptors (Lipinski definition) is 3. The van der Waals surface area contributed by atoms with Crippen LogP contribution in [0.3, 0.4) is 0 Å². The monoisotopic (exact) mass is 316 g/mol. The van der Waals surface area contributed by atoms with Gasteiger partial charge in [-0.3, -0.25) is 4.79 Å². The second kappa shape index (κ2) is 5.58. The highest BCUT2D eigenvalue weighted by molar-refractivity contribution is 7.16. The van der Waals surface area contributed by atoms with Crippen LogP contribution in [0, 0.1) is 13.8 Å². The fourth-order valence-electron chi connectivity index (χ4n) is 2.40. The molecule has 5 heteroatoms. The Labute approximate surface area is 131 Å². The summed E-state index contributed by atoms with van der Waals surface area (Å²) in [5.74, 6) is -0.158. The van der Waals surface area contributed by atoms with Crippen LogP contribution in [-0.4, -0.2) is 10.5 Å². The van der Waals surface area contributed by atoms with E-state index in [0.717, 1.165) is 11.3 Å². The lowest BCUT2D eigenvalue weighted by atomic mass is 10.1. The van der Waals surface area contributed by atoms with Crippen molar-refractivity contribution in [1.82, 2.24) is 4.57 Å². The summed E-state index contributed by atoms with van der Waals surface area (Å²) in [6.07, 6.45) is 0. The predicted octanol–water partition coefficient (Wildman–Crippen LogP) is 4.14. The standard InChI is InChI=1S/C16H16N2OS2/c1-4-18-13-10(2)7-8-11(3)14(13)21-16(18)17-15(19)12-6-5-9-20-12/h5-9H,4H2,1-3H3. The number of thiophene rings is 1. The Balaban J connectivity index is 2.26. The number of hydrogen-bond donors (Lipinski definition) is 0. The van der Waals surface area contributed by atoms with E-state index in [1.54, 1.807) is 11.3 Å². The van der Waals surface area contributed by atoms with Crippen LogP contribution in [0.4, 0.5) is 0 Å². The van der Waals surface area contributed by atoms with E-state index in [4.69, 9.17) is 0 Å². The molecule has 1 aromatic carbocycles. The number of thiazole rings is 1. The van der Waals surface area contributed by atoms with E-state index in [1.165, 1.54) is 32.7 Å². The normalized spacial score (nSPS) is 12.2. The van der Waals surface area contributed by atoms with Crippen molar-refractivity contribution in [2.45, 2.75) is 27.3 Å². The van der Waals surface area contributed by atoms with Gasteiger partial charge >= 0.3 is 0 Å². The van der Waals surface area contributed by atoms with Gasteiger partial charge in [-0.05, 0) is 43.3 Å². The van der Waals surface area contributed by atoms with Gasteiger partial charge in [0.05, 0.1) is 15.1 Å². The van der Waals surface area contributed by atoms with Crippen LogP contribution in [-0.2, 0) is 6.54 Å². The van der Waals surface area contributed by atoms with Crippen LogP contribution < -0.4 is 4.80 Å². The first-order chi connectivity index (χ1) is 10.1. The first-order valence-electron chi connectivity index (χ1n) is 6.84. The minimum Gasteiger partial charge on any atom is -0.316 e. The summed E-state index contributed by atoms with van der Waals surface area (Å²) >= 11 is 3.02. The van der Waals surface area contributed by atoms with Crippen LogP contribution in [0.25, 0.3) is 10.2 Å². The van der Waals surface area contributed by atoms with Gasteiger partial charge in [0, 0.05) is 6.54 Å². The second-order valence-corrected chi connectivity index (χ2v) is 6.83.